The fourth-order valence-electron chi connectivity index (χ4n) is 1.88. The number of hydrogen-bond acceptors (Lipinski definition) is 4. The predicted octanol–water partition coefficient (Wildman–Crippen LogP) is 3.25. The minimum Gasteiger partial charge on any atom is -0.348 e. The van der Waals surface area contributed by atoms with Gasteiger partial charge in [-0.2, -0.15) is 0 Å². The molecule has 1 fully saturated rings. The number of nitrogens with zero attached hydrogens (tertiary/aromatic N) is 5. The Morgan fingerprint density at radius 2 is 2.19 bits per heavy atom. The number of aryl methyl sites for hydroxylation is 1. The lowest BCUT2D eigenvalue weighted by molar-refractivity contribution is 0.576. The van der Waals surface area contributed by atoms with Gasteiger partial charge in [-0.1, -0.05) is 5.11 Å². The number of piperidine rings is 1. The molecule has 16 heavy (non-hydrogen) atoms. The van der Waals surface area contributed by atoms with Crippen molar-refractivity contribution in [3.05, 3.63) is 21.0 Å². The van der Waals surface area contributed by atoms with Crippen LogP contribution in [0.5, 0.6) is 0 Å². The summed E-state index contributed by atoms with van der Waals surface area (Å²) >= 11 is 1.66. The second-order valence-corrected chi connectivity index (χ2v) is 5.00. The third kappa shape index (κ3) is 2.46. The number of anilines is 1. The van der Waals surface area contributed by atoms with Crippen LogP contribution in [0, 0.1) is 6.92 Å². The molecule has 1 aromatic rings. The van der Waals surface area contributed by atoms with Crippen molar-refractivity contribution in [1.82, 2.24) is 4.98 Å². The lowest BCUT2D eigenvalue weighted by atomic mass is 10.1. The van der Waals surface area contributed by atoms with Crippen molar-refractivity contribution >= 4 is 16.5 Å². The third-order valence-electron chi connectivity index (χ3n) is 2.79. The van der Waals surface area contributed by atoms with E-state index in [2.05, 4.69) is 19.9 Å². The van der Waals surface area contributed by atoms with E-state index in [0.29, 0.717) is 6.54 Å². The second kappa shape index (κ2) is 5.18. The molecule has 1 aliphatic heterocycles. The number of hydrogen-bond donors (Lipinski definition) is 0. The monoisotopic (exact) mass is 237 g/mol. The Morgan fingerprint density at radius 1 is 1.44 bits per heavy atom. The van der Waals surface area contributed by atoms with Gasteiger partial charge in [0, 0.05) is 22.9 Å². The summed E-state index contributed by atoms with van der Waals surface area (Å²) in [6, 6.07) is 0. The summed E-state index contributed by atoms with van der Waals surface area (Å²) < 4.78 is 0. The van der Waals surface area contributed by atoms with Gasteiger partial charge in [0.2, 0.25) is 0 Å². The molecule has 0 aromatic carbocycles. The molecule has 2 rings (SSSR count). The van der Waals surface area contributed by atoms with Gasteiger partial charge in [-0.25, -0.2) is 4.98 Å². The molecule has 1 saturated heterocycles. The normalized spacial score (nSPS) is 15.9. The maximum Gasteiger partial charge on any atom is 0.185 e. The van der Waals surface area contributed by atoms with Gasteiger partial charge in [-0.15, -0.1) is 11.3 Å². The second-order valence-electron chi connectivity index (χ2n) is 3.94. The highest BCUT2D eigenvalue weighted by molar-refractivity contribution is 7.15. The molecule has 0 aliphatic carbocycles. The van der Waals surface area contributed by atoms with E-state index in [9.17, 15) is 0 Å². The SMILES string of the molecule is Cc1nc(N2CCCCC2)sc1CN=[N+]=[N-]. The molecular formula is C10H15N5S. The molecule has 1 aromatic heterocycles. The topological polar surface area (TPSA) is 64.9 Å². The van der Waals surface area contributed by atoms with Crippen LogP contribution in [0.1, 0.15) is 29.8 Å². The van der Waals surface area contributed by atoms with Crippen LogP contribution < -0.4 is 4.90 Å². The van der Waals surface area contributed by atoms with Crippen LogP contribution in [-0.4, -0.2) is 18.1 Å². The number of azide groups is 1. The van der Waals surface area contributed by atoms with E-state index >= 15 is 0 Å². The molecule has 0 amide bonds. The summed E-state index contributed by atoms with van der Waals surface area (Å²) in [5.41, 5.74) is 9.30. The molecule has 0 radical (unpaired) electrons. The molecule has 1 aliphatic rings. The molecule has 0 saturated carbocycles. The average molecular weight is 237 g/mol. The zero-order chi connectivity index (χ0) is 11.4. The lowest BCUT2D eigenvalue weighted by Crippen LogP contribution is -2.29. The molecule has 86 valence electrons. The van der Waals surface area contributed by atoms with Gasteiger partial charge >= 0.3 is 0 Å². The lowest BCUT2D eigenvalue weighted by Gasteiger charge is -2.25. The largest absolute Gasteiger partial charge is 0.348 e. The Kier molecular flexibility index (Phi) is 3.64. The van der Waals surface area contributed by atoms with Crippen LogP contribution >= 0.6 is 11.3 Å². The number of rotatable bonds is 3. The fraction of sp³-hybridized carbons (Fsp3) is 0.700. The third-order valence-corrected chi connectivity index (χ3v) is 3.99. The molecule has 0 spiro atoms. The Bertz CT molecular complexity index is 401. The highest BCUT2D eigenvalue weighted by Crippen LogP contribution is 2.28. The van der Waals surface area contributed by atoms with Crippen molar-refractivity contribution in [1.29, 1.82) is 0 Å². The summed E-state index contributed by atoms with van der Waals surface area (Å²) in [5, 5.41) is 4.68. The smallest absolute Gasteiger partial charge is 0.185 e. The van der Waals surface area contributed by atoms with E-state index in [1.54, 1.807) is 11.3 Å². The van der Waals surface area contributed by atoms with Crippen molar-refractivity contribution in [3.63, 3.8) is 0 Å². The van der Waals surface area contributed by atoms with Crippen LogP contribution in [0.4, 0.5) is 5.13 Å². The summed E-state index contributed by atoms with van der Waals surface area (Å²) in [7, 11) is 0. The Labute approximate surface area is 98.7 Å². The highest BCUT2D eigenvalue weighted by Gasteiger charge is 2.15. The van der Waals surface area contributed by atoms with E-state index in [1.807, 2.05) is 6.92 Å². The minimum atomic E-state index is 0.424. The van der Waals surface area contributed by atoms with Gasteiger partial charge in [-0.3, -0.25) is 0 Å². The van der Waals surface area contributed by atoms with Crippen LogP contribution in [0.25, 0.3) is 10.4 Å². The first kappa shape index (κ1) is 11.2. The van der Waals surface area contributed by atoms with Gasteiger partial charge in [0.25, 0.3) is 0 Å². The zero-order valence-electron chi connectivity index (χ0n) is 9.39. The van der Waals surface area contributed by atoms with Crippen LogP contribution in [0.2, 0.25) is 0 Å². The summed E-state index contributed by atoms with van der Waals surface area (Å²) in [4.78, 5) is 10.7. The maximum absolute atomic E-state index is 8.31. The maximum atomic E-state index is 8.31. The Balaban J connectivity index is 2.12. The fourth-order valence-corrected chi connectivity index (χ4v) is 2.91. The quantitative estimate of drug-likeness (QED) is 0.460. The van der Waals surface area contributed by atoms with Gasteiger partial charge in [0.1, 0.15) is 0 Å². The molecule has 5 nitrogen and oxygen atoms in total. The van der Waals surface area contributed by atoms with Crippen molar-refractivity contribution in [2.45, 2.75) is 32.7 Å². The van der Waals surface area contributed by atoms with Crippen molar-refractivity contribution < 1.29 is 0 Å². The van der Waals surface area contributed by atoms with E-state index in [0.717, 1.165) is 28.8 Å². The number of aromatic nitrogens is 1. The van der Waals surface area contributed by atoms with Crippen molar-refractivity contribution in [2.24, 2.45) is 5.11 Å². The van der Waals surface area contributed by atoms with E-state index in [-0.39, 0.29) is 0 Å². The first-order chi connectivity index (χ1) is 7.81. The highest BCUT2D eigenvalue weighted by atomic mass is 32.1. The predicted molar refractivity (Wildman–Crippen MR) is 65.8 cm³/mol. The standard InChI is InChI=1S/C10H15N5S/c1-8-9(7-12-14-11)16-10(13-8)15-5-3-2-4-6-15/h2-7H2,1H3. The summed E-state index contributed by atoms with van der Waals surface area (Å²) in [5.74, 6) is 0. The first-order valence-corrected chi connectivity index (χ1v) is 6.35. The molecule has 0 N–H and O–H groups in total. The Hall–Kier alpha value is -1.26. The van der Waals surface area contributed by atoms with Gasteiger partial charge < -0.3 is 4.90 Å². The van der Waals surface area contributed by atoms with E-state index < -0.39 is 0 Å². The number of thiazole rings is 1. The molecule has 2 heterocycles. The van der Waals surface area contributed by atoms with Gasteiger partial charge in [0.15, 0.2) is 5.13 Å². The molecule has 0 unspecified atom stereocenters. The van der Waals surface area contributed by atoms with Crippen molar-refractivity contribution in [3.8, 4) is 0 Å². The summed E-state index contributed by atoms with van der Waals surface area (Å²) in [6.45, 7) is 4.61. The Morgan fingerprint density at radius 3 is 2.88 bits per heavy atom. The van der Waals surface area contributed by atoms with Crippen LogP contribution in [0.15, 0.2) is 5.11 Å². The van der Waals surface area contributed by atoms with Crippen LogP contribution in [0.3, 0.4) is 0 Å². The molecule has 0 atom stereocenters. The molecular weight excluding hydrogens is 222 g/mol. The average Bonchev–Trinajstić information content (AvgIpc) is 2.69. The first-order valence-electron chi connectivity index (χ1n) is 5.53. The van der Waals surface area contributed by atoms with Gasteiger partial charge in [0.05, 0.1) is 12.2 Å². The summed E-state index contributed by atoms with van der Waals surface area (Å²) in [6.07, 6.45) is 3.83. The molecule has 6 heteroatoms. The van der Waals surface area contributed by atoms with E-state index in [4.69, 9.17) is 5.53 Å². The minimum absolute atomic E-state index is 0.424. The zero-order valence-corrected chi connectivity index (χ0v) is 10.2. The van der Waals surface area contributed by atoms with E-state index in [1.165, 1.54) is 19.3 Å². The van der Waals surface area contributed by atoms with Crippen LogP contribution in [-0.2, 0) is 6.54 Å². The van der Waals surface area contributed by atoms with Gasteiger partial charge in [-0.05, 0) is 31.7 Å². The van der Waals surface area contributed by atoms with Crippen molar-refractivity contribution in [2.75, 3.05) is 18.0 Å². The molecule has 0 bridgehead atoms.